The van der Waals surface area contributed by atoms with Crippen molar-refractivity contribution in [3.63, 3.8) is 0 Å². The van der Waals surface area contributed by atoms with Crippen LogP contribution in [-0.2, 0) is 12.0 Å². The lowest BCUT2D eigenvalue weighted by molar-refractivity contribution is 0.256. The molecule has 3 atom stereocenters. The first-order valence-corrected chi connectivity index (χ1v) is 7.74. The van der Waals surface area contributed by atoms with E-state index in [2.05, 4.69) is 35.9 Å². The highest BCUT2D eigenvalue weighted by Crippen LogP contribution is 2.36. The maximum absolute atomic E-state index is 6.26. The zero-order chi connectivity index (χ0) is 14.3. The number of hydrogen-bond acceptors (Lipinski definition) is 5. The topological polar surface area (TPSA) is 68.2 Å². The minimum Gasteiger partial charge on any atom is -0.423 e. The molecule has 2 aliphatic rings. The molecule has 1 aliphatic carbocycles. The summed E-state index contributed by atoms with van der Waals surface area (Å²) in [6, 6.07) is 0.381. The summed E-state index contributed by atoms with van der Waals surface area (Å²) < 4.78 is 5.80. The quantitative estimate of drug-likeness (QED) is 0.895. The van der Waals surface area contributed by atoms with E-state index in [9.17, 15) is 0 Å². The Morgan fingerprint density at radius 1 is 1.25 bits per heavy atom. The first-order valence-electron chi connectivity index (χ1n) is 7.74. The number of aromatic nitrogens is 2. The van der Waals surface area contributed by atoms with Crippen LogP contribution in [0, 0.1) is 11.8 Å². The Kier molecular flexibility index (Phi) is 3.58. The minimum atomic E-state index is -0.0768. The molecule has 2 fully saturated rings. The molecule has 5 heteroatoms. The molecule has 0 spiro atoms. The number of nitrogens with zero attached hydrogens (tertiary/aromatic N) is 3. The van der Waals surface area contributed by atoms with Gasteiger partial charge in [0.1, 0.15) is 0 Å². The fourth-order valence-electron chi connectivity index (χ4n) is 3.55. The number of nitrogens with two attached hydrogens (primary N) is 1. The van der Waals surface area contributed by atoms with Gasteiger partial charge < -0.3 is 10.2 Å². The van der Waals surface area contributed by atoms with E-state index in [1.54, 1.807) is 0 Å². The van der Waals surface area contributed by atoms with E-state index in [1.165, 1.54) is 19.3 Å². The lowest BCUT2D eigenvalue weighted by atomic mass is 9.78. The highest BCUT2D eigenvalue weighted by molar-refractivity contribution is 4.98. The normalized spacial score (nSPS) is 31.5. The van der Waals surface area contributed by atoms with E-state index in [4.69, 9.17) is 10.2 Å². The molecule has 0 amide bonds. The molecule has 1 saturated carbocycles. The Labute approximate surface area is 120 Å². The molecule has 0 radical (unpaired) electrons. The first-order chi connectivity index (χ1) is 9.43. The second kappa shape index (κ2) is 5.11. The van der Waals surface area contributed by atoms with E-state index >= 15 is 0 Å². The summed E-state index contributed by atoms with van der Waals surface area (Å²) in [5.41, 5.74) is 6.18. The summed E-state index contributed by atoms with van der Waals surface area (Å²) in [6.45, 7) is 9.25. The van der Waals surface area contributed by atoms with E-state index in [0.29, 0.717) is 12.0 Å². The van der Waals surface area contributed by atoms with Gasteiger partial charge in [-0.2, -0.15) is 0 Å². The Morgan fingerprint density at radius 3 is 2.70 bits per heavy atom. The van der Waals surface area contributed by atoms with Gasteiger partial charge in [-0.25, -0.2) is 0 Å². The van der Waals surface area contributed by atoms with Gasteiger partial charge in [0.15, 0.2) is 0 Å². The third-order valence-electron chi connectivity index (χ3n) is 4.70. The van der Waals surface area contributed by atoms with Crippen LogP contribution < -0.4 is 5.73 Å². The van der Waals surface area contributed by atoms with Crippen LogP contribution in [0.1, 0.15) is 51.8 Å². The lowest BCUT2D eigenvalue weighted by Crippen LogP contribution is -2.38. The third kappa shape index (κ3) is 2.74. The van der Waals surface area contributed by atoms with Crippen molar-refractivity contribution < 1.29 is 4.42 Å². The van der Waals surface area contributed by atoms with Gasteiger partial charge in [-0.1, -0.05) is 27.2 Å². The van der Waals surface area contributed by atoms with Crippen LogP contribution in [0.15, 0.2) is 4.42 Å². The first kappa shape index (κ1) is 14.0. The minimum absolute atomic E-state index is 0.0768. The standard InChI is InChI=1S/C15H26N4O/c1-15(2,3)14-18-17-13(20-14)9-19-7-10-5-4-6-12(16)11(10)8-19/h10-12H,4-9,16H2,1-3H3. The Balaban J connectivity index is 1.63. The summed E-state index contributed by atoms with van der Waals surface area (Å²) in [5.74, 6) is 2.89. The van der Waals surface area contributed by atoms with E-state index in [0.717, 1.165) is 37.3 Å². The molecule has 0 aromatic carbocycles. The molecule has 1 aromatic heterocycles. The molecule has 1 saturated heterocycles. The summed E-state index contributed by atoms with van der Waals surface area (Å²) in [5, 5.41) is 8.36. The third-order valence-corrected chi connectivity index (χ3v) is 4.70. The molecule has 1 aliphatic heterocycles. The maximum atomic E-state index is 6.26. The smallest absolute Gasteiger partial charge is 0.230 e. The zero-order valence-corrected chi connectivity index (χ0v) is 12.8. The van der Waals surface area contributed by atoms with Crippen LogP contribution in [0.4, 0.5) is 0 Å². The van der Waals surface area contributed by atoms with Gasteiger partial charge >= 0.3 is 0 Å². The summed E-state index contributed by atoms with van der Waals surface area (Å²) in [7, 11) is 0. The van der Waals surface area contributed by atoms with Gasteiger partial charge in [0.2, 0.25) is 11.8 Å². The SMILES string of the molecule is CC(C)(C)c1nnc(CN2CC3CCCC(N)C3C2)o1. The van der Waals surface area contributed by atoms with Crippen molar-refractivity contribution in [3.05, 3.63) is 11.8 Å². The zero-order valence-electron chi connectivity index (χ0n) is 12.8. The second-order valence-electron chi connectivity index (χ2n) is 7.46. The van der Waals surface area contributed by atoms with Gasteiger partial charge in [0, 0.05) is 24.5 Å². The van der Waals surface area contributed by atoms with Gasteiger partial charge in [0.05, 0.1) is 6.54 Å². The number of likely N-dealkylation sites (tertiary alicyclic amines) is 1. The molecule has 20 heavy (non-hydrogen) atoms. The van der Waals surface area contributed by atoms with Gasteiger partial charge in [-0.15, -0.1) is 10.2 Å². The molecular weight excluding hydrogens is 252 g/mol. The summed E-state index contributed by atoms with van der Waals surface area (Å²) in [6.07, 6.45) is 3.79. The molecule has 2 N–H and O–H groups in total. The van der Waals surface area contributed by atoms with E-state index in [1.807, 2.05) is 0 Å². The van der Waals surface area contributed by atoms with Crippen LogP contribution in [0.3, 0.4) is 0 Å². The highest BCUT2D eigenvalue weighted by atomic mass is 16.4. The Hall–Kier alpha value is -0.940. The van der Waals surface area contributed by atoms with Crippen molar-refractivity contribution >= 4 is 0 Å². The van der Waals surface area contributed by atoms with E-state index < -0.39 is 0 Å². The highest BCUT2D eigenvalue weighted by Gasteiger charge is 2.39. The van der Waals surface area contributed by atoms with Crippen LogP contribution in [-0.4, -0.2) is 34.2 Å². The van der Waals surface area contributed by atoms with Gasteiger partial charge in [-0.3, -0.25) is 4.90 Å². The number of fused-ring (bicyclic) bond motifs is 1. The van der Waals surface area contributed by atoms with Crippen LogP contribution in [0.5, 0.6) is 0 Å². The monoisotopic (exact) mass is 278 g/mol. The molecule has 5 nitrogen and oxygen atoms in total. The molecular formula is C15H26N4O. The van der Waals surface area contributed by atoms with Gasteiger partial charge in [0.25, 0.3) is 0 Å². The molecule has 2 heterocycles. The molecule has 112 valence electrons. The predicted octanol–water partition coefficient (Wildman–Crippen LogP) is 1.93. The fraction of sp³-hybridized carbons (Fsp3) is 0.867. The van der Waals surface area contributed by atoms with E-state index in [-0.39, 0.29) is 5.41 Å². The van der Waals surface area contributed by atoms with Crippen molar-refractivity contribution in [2.24, 2.45) is 17.6 Å². The largest absolute Gasteiger partial charge is 0.423 e. The average Bonchev–Trinajstić information content (AvgIpc) is 2.96. The summed E-state index contributed by atoms with van der Waals surface area (Å²) in [4.78, 5) is 2.43. The van der Waals surface area contributed by atoms with Crippen molar-refractivity contribution in [1.29, 1.82) is 0 Å². The van der Waals surface area contributed by atoms with Crippen molar-refractivity contribution in [2.45, 2.75) is 58.0 Å². The molecule has 0 bridgehead atoms. The molecule has 3 unspecified atom stereocenters. The van der Waals surface area contributed by atoms with Crippen LogP contribution in [0.2, 0.25) is 0 Å². The van der Waals surface area contributed by atoms with Gasteiger partial charge in [-0.05, 0) is 24.7 Å². The Morgan fingerprint density at radius 2 is 2.05 bits per heavy atom. The number of rotatable bonds is 2. The average molecular weight is 278 g/mol. The number of hydrogen-bond donors (Lipinski definition) is 1. The van der Waals surface area contributed by atoms with Crippen molar-refractivity contribution in [3.8, 4) is 0 Å². The summed E-state index contributed by atoms with van der Waals surface area (Å²) >= 11 is 0. The van der Waals surface area contributed by atoms with Crippen LogP contribution >= 0.6 is 0 Å². The van der Waals surface area contributed by atoms with Crippen molar-refractivity contribution in [2.75, 3.05) is 13.1 Å². The maximum Gasteiger partial charge on any atom is 0.230 e. The molecule has 3 rings (SSSR count). The van der Waals surface area contributed by atoms with Crippen molar-refractivity contribution in [1.82, 2.24) is 15.1 Å². The second-order valence-corrected chi connectivity index (χ2v) is 7.46. The Bertz CT molecular complexity index is 465. The predicted molar refractivity (Wildman–Crippen MR) is 77.1 cm³/mol. The van der Waals surface area contributed by atoms with Crippen LogP contribution in [0.25, 0.3) is 0 Å². The molecule has 1 aromatic rings. The lowest BCUT2D eigenvalue weighted by Gasteiger charge is -2.29. The fourth-order valence-corrected chi connectivity index (χ4v) is 3.55.